The Morgan fingerprint density at radius 2 is 2.12 bits per heavy atom. The second-order valence-corrected chi connectivity index (χ2v) is 5.55. The number of para-hydroxylation sites is 1. The van der Waals surface area contributed by atoms with E-state index in [1.54, 1.807) is 17.8 Å². The molecule has 0 bridgehead atoms. The topological polar surface area (TPSA) is 92.9 Å². The zero-order valence-electron chi connectivity index (χ0n) is 13.6. The molecular formula is C17H19N5O2. The van der Waals surface area contributed by atoms with Crippen molar-refractivity contribution in [1.82, 2.24) is 25.3 Å². The molecule has 3 aromatic rings. The third kappa shape index (κ3) is 2.85. The molecule has 1 amide bonds. The molecular weight excluding hydrogens is 306 g/mol. The maximum Gasteiger partial charge on any atom is 0.274 e. The summed E-state index contributed by atoms with van der Waals surface area (Å²) in [5, 5.41) is 21.1. The maximum absolute atomic E-state index is 12.3. The second kappa shape index (κ2) is 6.76. The first-order chi connectivity index (χ1) is 11.7. The number of pyridine rings is 1. The lowest BCUT2D eigenvalue weighted by Gasteiger charge is -2.13. The van der Waals surface area contributed by atoms with Gasteiger partial charge >= 0.3 is 0 Å². The summed E-state index contributed by atoms with van der Waals surface area (Å²) in [7, 11) is 0. The largest absolute Gasteiger partial charge is 0.394 e. The Bertz CT molecular complexity index is 865. The van der Waals surface area contributed by atoms with Gasteiger partial charge in [-0.15, -0.1) is 5.10 Å². The number of hydrogen-bond acceptors (Lipinski definition) is 5. The van der Waals surface area contributed by atoms with Gasteiger partial charge in [0, 0.05) is 11.6 Å². The normalized spacial score (nSPS) is 12.3. The van der Waals surface area contributed by atoms with E-state index in [0.29, 0.717) is 12.1 Å². The number of amides is 1. The van der Waals surface area contributed by atoms with E-state index in [2.05, 4.69) is 20.6 Å². The highest BCUT2D eigenvalue weighted by molar-refractivity contribution is 5.94. The SMILES string of the molecule is CCC(CO)NC(=O)c1nnn(-c2cccc3cccnc23)c1C. The molecule has 0 aliphatic carbocycles. The van der Waals surface area contributed by atoms with Gasteiger partial charge in [-0.1, -0.05) is 30.3 Å². The molecule has 0 spiro atoms. The Morgan fingerprint density at radius 3 is 2.88 bits per heavy atom. The molecule has 24 heavy (non-hydrogen) atoms. The van der Waals surface area contributed by atoms with Crippen LogP contribution in [0.25, 0.3) is 16.6 Å². The number of aromatic nitrogens is 4. The Kier molecular flexibility index (Phi) is 4.52. The van der Waals surface area contributed by atoms with Crippen LogP contribution in [0.4, 0.5) is 0 Å². The highest BCUT2D eigenvalue weighted by Gasteiger charge is 2.20. The molecule has 1 atom stereocenters. The third-order valence-electron chi connectivity index (χ3n) is 4.00. The summed E-state index contributed by atoms with van der Waals surface area (Å²) >= 11 is 0. The Labute approximate surface area is 139 Å². The minimum Gasteiger partial charge on any atom is -0.394 e. The molecule has 7 nitrogen and oxygen atoms in total. The fraction of sp³-hybridized carbons (Fsp3) is 0.294. The first kappa shape index (κ1) is 16.1. The molecule has 0 saturated heterocycles. The second-order valence-electron chi connectivity index (χ2n) is 5.55. The fourth-order valence-electron chi connectivity index (χ4n) is 2.56. The van der Waals surface area contributed by atoms with Crippen molar-refractivity contribution in [2.45, 2.75) is 26.3 Å². The lowest BCUT2D eigenvalue weighted by atomic mass is 10.2. The summed E-state index contributed by atoms with van der Waals surface area (Å²) in [6, 6.07) is 9.33. The number of fused-ring (bicyclic) bond motifs is 1. The summed E-state index contributed by atoms with van der Waals surface area (Å²) in [4.78, 5) is 16.8. The number of nitrogens with zero attached hydrogens (tertiary/aromatic N) is 4. The van der Waals surface area contributed by atoms with Gasteiger partial charge < -0.3 is 10.4 Å². The maximum atomic E-state index is 12.3. The predicted molar refractivity (Wildman–Crippen MR) is 90.0 cm³/mol. The average molecular weight is 325 g/mol. The van der Waals surface area contributed by atoms with E-state index in [9.17, 15) is 9.90 Å². The average Bonchev–Trinajstić information content (AvgIpc) is 3.00. The van der Waals surface area contributed by atoms with E-state index < -0.39 is 0 Å². The lowest BCUT2D eigenvalue weighted by Crippen LogP contribution is -2.37. The minimum absolute atomic E-state index is 0.108. The fourth-order valence-corrected chi connectivity index (χ4v) is 2.56. The Morgan fingerprint density at radius 1 is 1.33 bits per heavy atom. The van der Waals surface area contributed by atoms with Crippen LogP contribution in [0.2, 0.25) is 0 Å². The summed E-state index contributed by atoms with van der Waals surface area (Å²) in [5.41, 5.74) is 2.43. The molecule has 2 heterocycles. The van der Waals surface area contributed by atoms with Crippen molar-refractivity contribution in [3.8, 4) is 5.69 Å². The predicted octanol–water partition coefficient (Wildman–Crippen LogP) is 1.62. The van der Waals surface area contributed by atoms with Crippen LogP contribution in [-0.4, -0.2) is 43.6 Å². The van der Waals surface area contributed by atoms with E-state index in [-0.39, 0.29) is 24.2 Å². The number of hydrogen-bond donors (Lipinski definition) is 2. The molecule has 7 heteroatoms. The first-order valence-corrected chi connectivity index (χ1v) is 7.83. The van der Waals surface area contributed by atoms with Crippen molar-refractivity contribution < 1.29 is 9.90 Å². The van der Waals surface area contributed by atoms with Crippen LogP contribution in [0.3, 0.4) is 0 Å². The van der Waals surface area contributed by atoms with Gasteiger partial charge in [-0.05, 0) is 25.5 Å². The number of rotatable bonds is 5. The molecule has 124 valence electrons. The van der Waals surface area contributed by atoms with Crippen LogP contribution in [0, 0.1) is 6.92 Å². The highest BCUT2D eigenvalue weighted by Crippen LogP contribution is 2.21. The van der Waals surface area contributed by atoms with E-state index >= 15 is 0 Å². The third-order valence-corrected chi connectivity index (χ3v) is 4.00. The van der Waals surface area contributed by atoms with Crippen LogP contribution in [0.1, 0.15) is 29.5 Å². The van der Waals surface area contributed by atoms with Crippen molar-refractivity contribution in [2.75, 3.05) is 6.61 Å². The van der Waals surface area contributed by atoms with Gasteiger partial charge in [0.1, 0.15) is 0 Å². The number of carbonyl (C=O) groups is 1. The summed E-state index contributed by atoms with van der Waals surface area (Å²) in [6.07, 6.45) is 2.36. The van der Waals surface area contributed by atoms with Gasteiger partial charge in [-0.3, -0.25) is 9.78 Å². The van der Waals surface area contributed by atoms with Crippen molar-refractivity contribution in [2.24, 2.45) is 0 Å². The number of aliphatic hydroxyl groups is 1. The standard InChI is InChI=1S/C17H19N5O2/c1-3-13(10-23)19-17(24)15-11(2)22(21-20-15)14-8-4-6-12-7-5-9-18-16(12)14/h4-9,13,23H,3,10H2,1-2H3,(H,19,24). The number of carbonyl (C=O) groups excluding carboxylic acids is 1. The highest BCUT2D eigenvalue weighted by atomic mass is 16.3. The lowest BCUT2D eigenvalue weighted by molar-refractivity contribution is 0.0909. The first-order valence-electron chi connectivity index (χ1n) is 7.83. The number of nitrogens with one attached hydrogen (secondary N) is 1. The van der Waals surface area contributed by atoms with E-state index in [1.165, 1.54) is 0 Å². The van der Waals surface area contributed by atoms with Gasteiger partial charge in [-0.25, -0.2) is 4.68 Å². The summed E-state index contributed by atoms with van der Waals surface area (Å²) < 4.78 is 1.62. The van der Waals surface area contributed by atoms with Crippen LogP contribution in [0.5, 0.6) is 0 Å². The van der Waals surface area contributed by atoms with E-state index in [0.717, 1.165) is 16.6 Å². The Balaban J connectivity index is 1.99. The van der Waals surface area contributed by atoms with Gasteiger partial charge in [0.15, 0.2) is 5.69 Å². The van der Waals surface area contributed by atoms with Crippen molar-refractivity contribution in [1.29, 1.82) is 0 Å². The minimum atomic E-state index is -0.340. The molecule has 0 aliphatic heterocycles. The Hall–Kier alpha value is -2.80. The van der Waals surface area contributed by atoms with Crippen LogP contribution in [0.15, 0.2) is 36.5 Å². The van der Waals surface area contributed by atoms with Gasteiger partial charge in [0.05, 0.1) is 29.5 Å². The quantitative estimate of drug-likeness (QED) is 0.743. The van der Waals surface area contributed by atoms with Gasteiger partial charge in [0.2, 0.25) is 0 Å². The van der Waals surface area contributed by atoms with Gasteiger partial charge in [-0.2, -0.15) is 0 Å². The van der Waals surface area contributed by atoms with Gasteiger partial charge in [0.25, 0.3) is 5.91 Å². The zero-order chi connectivity index (χ0) is 17.1. The van der Waals surface area contributed by atoms with E-state index in [1.807, 2.05) is 37.3 Å². The van der Waals surface area contributed by atoms with Crippen molar-refractivity contribution in [3.05, 3.63) is 47.9 Å². The van der Waals surface area contributed by atoms with E-state index in [4.69, 9.17) is 0 Å². The smallest absolute Gasteiger partial charge is 0.274 e. The molecule has 0 saturated carbocycles. The molecule has 3 rings (SSSR count). The van der Waals surface area contributed by atoms with Crippen LogP contribution in [-0.2, 0) is 0 Å². The molecule has 2 N–H and O–H groups in total. The van der Waals surface area contributed by atoms with Crippen molar-refractivity contribution in [3.63, 3.8) is 0 Å². The van der Waals surface area contributed by atoms with Crippen molar-refractivity contribution >= 4 is 16.8 Å². The molecule has 0 aliphatic rings. The molecule has 1 aromatic carbocycles. The molecule has 0 radical (unpaired) electrons. The summed E-state index contributed by atoms with van der Waals surface area (Å²) in [5.74, 6) is -0.340. The number of benzene rings is 1. The molecule has 0 fully saturated rings. The monoisotopic (exact) mass is 325 g/mol. The number of aliphatic hydroxyl groups excluding tert-OH is 1. The molecule has 2 aromatic heterocycles. The van der Waals surface area contributed by atoms with Crippen LogP contribution < -0.4 is 5.32 Å². The van der Waals surface area contributed by atoms with Crippen LogP contribution >= 0.6 is 0 Å². The molecule has 1 unspecified atom stereocenters. The summed E-state index contributed by atoms with van der Waals surface area (Å²) in [6.45, 7) is 3.58. The zero-order valence-corrected chi connectivity index (χ0v) is 13.6.